The molecule has 0 fully saturated rings. The third kappa shape index (κ3) is 2.69. The summed E-state index contributed by atoms with van der Waals surface area (Å²) in [6.45, 7) is 1.90. The Hall–Kier alpha value is -1.56. The van der Waals surface area contributed by atoms with Crippen molar-refractivity contribution in [1.82, 2.24) is 19.7 Å². The minimum absolute atomic E-state index is 0.505. The Morgan fingerprint density at radius 1 is 1.47 bits per heavy atom. The van der Waals surface area contributed by atoms with Gasteiger partial charge in [-0.3, -0.25) is 4.68 Å². The molecule has 5 nitrogen and oxygen atoms in total. The Kier molecular flexibility index (Phi) is 2.86. The topological polar surface area (TPSA) is 69.6 Å². The van der Waals surface area contributed by atoms with Crippen molar-refractivity contribution in [2.45, 2.75) is 18.0 Å². The van der Waals surface area contributed by atoms with Crippen molar-refractivity contribution in [3.05, 3.63) is 30.2 Å². The highest BCUT2D eigenvalue weighted by Gasteiger charge is 2.01. The van der Waals surface area contributed by atoms with Gasteiger partial charge >= 0.3 is 0 Å². The molecule has 0 bridgehead atoms. The molecule has 0 amide bonds. The predicted octanol–water partition coefficient (Wildman–Crippen LogP) is 1.31. The van der Waals surface area contributed by atoms with E-state index in [0.717, 1.165) is 5.69 Å². The second-order valence-electron chi connectivity index (χ2n) is 3.04. The fraction of sp³-hybridized carbons (Fsp3) is 0.222. The van der Waals surface area contributed by atoms with Gasteiger partial charge in [-0.1, -0.05) is 11.8 Å². The first-order valence-electron chi connectivity index (χ1n) is 4.45. The molecular formula is C9H11N5S. The standard InChI is InChI=1S/C9H11N5S/c1-7-5-8(10)13-9(12-7)15-6-14-4-2-3-11-14/h2-5H,6H2,1H3,(H2,10,12,13). The van der Waals surface area contributed by atoms with Gasteiger partial charge in [-0.15, -0.1) is 0 Å². The first-order valence-corrected chi connectivity index (χ1v) is 5.44. The summed E-state index contributed by atoms with van der Waals surface area (Å²) in [6.07, 6.45) is 3.64. The zero-order chi connectivity index (χ0) is 10.7. The quantitative estimate of drug-likeness (QED) is 0.625. The Bertz CT molecular complexity index is 420. The van der Waals surface area contributed by atoms with Crippen molar-refractivity contribution in [3.63, 3.8) is 0 Å². The molecule has 2 aromatic rings. The van der Waals surface area contributed by atoms with Gasteiger partial charge in [-0.25, -0.2) is 9.97 Å². The number of hydrogen-bond donors (Lipinski definition) is 1. The Labute approximate surface area is 91.7 Å². The van der Waals surface area contributed by atoms with Crippen molar-refractivity contribution < 1.29 is 0 Å². The number of nitrogens with two attached hydrogens (primary N) is 1. The molecule has 78 valence electrons. The number of aromatic nitrogens is 4. The van der Waals surface area contributed by atoms with Crippen LogP contribution in [0.5, 0.6) is 0 Å². The normalized spacial score (nSPS) is 10.5. The van der Waals surface area contributed by atoms with Gasteiger partial charge in [0.05, 0.1) is 5.88 Å². The molecule has 0 spiro atoms. The van der Waals surface area contributed by atoms with Gasteiger partial charge in [0.1, 0.15) is 5.82 Å². The highest BCUT2D eigenvalue weighted by Crippen LogP contribution is 2.16. The molecule has 0 unspecified atom stereocenters. The summed E-state index contributed by atoms with van der Waals surface area (Å²) in [4.78, 5) is 8.39. The summed E-state index contributed by atoms with van der Waals surface area (Å²) in [5, 5.41) is 4.77. The van der Waals surface area contributed by atoms with Crippen LogP contribution in [0.15, 0.2) is 29.7 Å². The van der Waals surface area contributed by atoms with Gasteiger partial charge in [0.2, 0.25) is 0 Å². The lowest BCUT2D eigenvalue weighted by molar-refractivity contribution is 0.747. The zero-order valence-corrected chi connectivity index (χ0v) is 9.11. The van der Waals surface area contributed by atoms with E-state index in [-0.39, 0.29) is 0 Å². The molecule has 2 rings (SSSR count). The molecule has 0 aliphatic rings. The van der Waals surface area contributed by atoms with Crippen LogP contribution in [0.25, 0.3) is 0 Å². The SMILES string of the molecule is Cc1cc(N)nc(SCn2cccn2)n1. The van der Waals surface area contributed by atoms with Crippen LogP contribution in [0.3, 0.4) is 0 Å². The summed E-state index contributed by atoms with van der Waals surface area (Å²) in [5.41, 5.74) is 6.50. The predicted molar refractivity (Wildman–Crippen MR) is 59.3 cm³/mol. The lowest BCUT2D eigenvalue weighted by Gasteiger charge is -2.02. The van der Waals surface area contributed by atoms with Crippen LogP contribution in [0.4, 0.5) is 5.82 Å². The van der Waals surface area contributed by atoms with E-state index < -0.39 is 0 Å². The number of nitrogen functional groups attached to an aromatic ring is 1. The van der Waals surface area contributed by atoms with Gasteiger partial charge in [-0.2, -0.15) is 5.10 Å². The molecular weight excluding hydrogens is 210 g/mol. The number of aryl methyl sites for hydroxylation is 1. The molecule has 2 heterocycles. The van der Waals surface area contributed by atoms with Gasteiger partial charge in [-0.05, 0) is 13.0 Å². The molecule has 15 heavy (non-hydrogen) atoms. The maximum atomic E-state index is 5.62. The van der Waals surface area contributed by atoms with Crippen LogP contribution in [-0.2, 0) is 5.88 Å². The molecule has 2 N–H and O–H groups in total. The molecule has 2 aromatic heterocycles. The maximum absolute atomic E-state index is 5.62. The minimum Gasteiger partial charge on any atom is -0.384 e. The summed E-state index contributed by atoms with van der Waals surface area (Å²) in [5.74, 6) is 1.20. The van der Waals surface area contributed by atoms with E-state index in [1.54, 1.807) is 12.3 Å². The number of rotatable bonds is 3. The first-order chi connectivity index (χ1) is 7.24. The average Bonchev–Trinajstić information content (AvgIpc) is 2.65. The molecule has 0 saturated carbocycles. The van der Waals surface area contributed by atoms with Crippen LogP contribution < -0.4 is 5.73 Å². The van der Waals surface area contributed by atoms with Crippen LogP contribution in [-0.4, -0.2) is 19.7 Å². The molecule has 0 atom stereocenters. The highest BCUT2D eigenvalue weighted by atomic mass is 32.2. The van der Waals surface area contributed by atoms with E-state index in [4.69, 9.17) is 5.73 Å². The van der Waals surface area contributed by atoms with E-state index >= 15 is 0 Å². The lowest BCUT2D eigenvalue weighted by atomic mass is 10.4. The summed E-state index contributed by atoms with van der Waals surface area (Å²) < 4.78 is 1.81. The van der Waals surface area contributed by atoms with E-state index in [9.17, 15) is 0 Å². The Morgan fingerprint density at radius 3 is 3.00 bits per heavy atom. The minimum atomic E-state index is 0.505. The smallest absolute Gasteiger partial charge is 0.191 e. The van der Waals surface area contributed by atoms with E-state index in [2.05, 4.69) is 15.1 Å². The third-order valence-corrected chi connectivity index (χ3v) is 2.57. The molecule has 0 radical (unpaired) electrons. The summed E-state index contributed by atoms with van der Waals surface area (Å²) in [6, 6.07) is 3.63. The highest BCUT2D eigenvalue weighted by molar-refractivity contribution is 7.98. The second-order valence-corrected chi connectivity index (χ2v) is 3.95. The van der Waals surface area contributed by atoms with Crippen molar-refractivity contribution >= 4 is 17.6 Å². The maximum Gasteiger partial charge on any atom is 0.191 e. The van der Waals surface area contributed by atoms with E-state index in [0.29, 0.717) is 16.9 Å². The van der Waals surface area contributed by atoms with Crippen molar-refractivity contribution in [2.75, 3.05) is 5.73 Å². The first kappa shape index (κ1) is 9.97. The largest absolute Gasteiger partial charge is 0.384 e. The van der Waals surface area contributed by atoms with Gasteiger partial charge in [0, 0.05) is 24.2 Å². The number of thioether (sulfide) groups is 1. The van der Waals surface area contributed by atoms with Gasteiger partial charge in [0.25, 0.3) is 0 Å². The van der Waals surface area contributed by atoms with Crippen molar-refractivity contribution in [3.8, 4) is 0 Å². The Morgan fingerprint density at radius 2 is 2.33 bits per heavy atom. The van der Waals surface area contributed by atoms with Crippen molar-refractivity contribution in [1.29, 1.82) is 0 Å². The monoisotopic (exact) mass is 221 g/mol. The fourth-order valence-electron chi connectivity index (χ4n) is 1.13. The van der Waals surface area contributed by atoms with Crippen LogP contribution in [0.2, 0.25) is 0 Å². The zero-order valence-electron chi connectivity index (χ0n) is 8.29. The fourth-order valence-corrected chi connectivity index (χ4v) is 1.91. The number of hydrogen-bond acceptors (Lipinski definition) is 5. The number of anilines is 1. The average molecular weight is 221 g/mol. The van der Waals surface area contributed by atoms with Gasteiger partial charge < -0.3 is 5.73 Å². The molecule has 0 aromatic carbocycles. The molecule has 6 heteroatoms. The number of nitrogens with zero attached hydrogens (tertiary/aromatic N) is 4. The second kappa shape index (κ2) is 4.31. The van der Waals surface area contributed by atoms with Crippen LogP contribution in [0, 0.1) is 6.92 Å². The molecule has 0 saturated heterocycles. The Balaban J connectivity index is 2.05. The molecule has 0 aliphatic heterocycles. The van der Waals surface area contributed by atoms with E-state index in [1.165, 1.54) is 11.8 Å². The van der Waals surface area contributed by atoms with E-state index in [1.807, 2.05) is 23.9 Å². The molecule has 0 aliphatic carbocycles. The van der Waals surface area contributed by atoms with Gasteiger partial charge in [0.15, 0.2) is 5.16 Å². The van der Waals surface area contributed by atoms with Crippen LogP contribution >= 0.6 is 11.8 Å². The lowest BCUT2D eigenvalue weighted by Crippen LogP contribution is -1.99. The third-order valence-electron chi connectivity index (χ3n) is 1.74. The van der Waals surface area contributed by atoms with Crippen molar-refractivity contribution in [2.24, 2.45) is 0 Å². The summed E-state index contributed by atoms with van der Waals surface area (Å²) >= 11 is 1.50. The summed E-state index contributed by atoms with van der Waals surface area (Å²) in [7, 11) is 0. The van der Waals surface area contributed by atoms with Crippen LogP contribution in [0.1, 0.15) is 5.69 Å².